The lowest BCUT2D eigenvalue weighted by atomic mass is 10.1. The molecule has 0 aliphatic heterocycles. The van der Waals surface area contributed by atoms with Gasteiger partial charge in [0.05, 0.1) is 0 Å². The minimum Gasteiger partial charge on any atom is -0.322 e. The third-order valence-corrected chi connectivity index (χ3v) is 4.61. The van der Waals surface area contributed by atoms with Gasteiger partial charge < -0.3 is 10.2 Å². The maximum Gasteiger partial charge on any atom is 0.276 e. The Hall–Kier alpha value is -3.18. The number of nitrogens with one attached hydrogen (secondary N) is 1. The van der Waals surface area contributed by atoms with Crippen LogP contribution in [-0.2, 0) is 0 Å². The Morgan fingerprint density at radius 3 is 2.52 bits per heavy atom. The van der Waals surface area contributed by atoms with Crippen LogP contribution in [0, 0.1) is 6.92 Å². The Bertz CT molecular complexity index is 990. The van der Waals surface area contributed by atoms with Crippen LogP contribution in [0.4, 0.5) is 11.4 Å². The molecule has 1 N–H and O–H groups in total. The minimum atomic E-state index is -0.334. The highest BCUT2D eigenvalue weighted by atomic mass is 35.5. The highest BCUT2D eigenvalue weighted by Crippen LogP contribution is 2.23. The van der Waals surface area contributed by atoms with Crippen molar-refractivity contribution in [1.82, 2.24) is 4.98 Å². The summed E-state index contributed by atoms with van der Waals surface area (Å²) in [6, 6.07) is 17.6. The average molecular weight is 380 g/mol. The van der Waals surface area contributed by atoms with Crippen molar-refractivity contribution >= 4 is 34.8 Å². The van der Waals surface area contributed by atoms with Gasteiger partial charge in [0.1, 0.15) is 5.69 Å². The second-order valence-corrected chi connectivity index (χ2v) is 6.40. The number of halogens is 1. The summed E-state index contributed by atoms with van der Waals surface area (Å²) >= 11 is 6.09. The van der Waals surface area contributed by atoms with Crippen molar-refractivity contribution in [3.8, 4) is 0 Å². The SMILES string of the molecule is Cc1c(Cl)cccc1NC(=O)c1ccnc(C(=O)N(C)c2ccccc2)c1. The minimum absolute atomic E-state index is 0.191. The molecule has 2 amide bonds. The number of carbonyl (C=O) groups is 2. The Labute approximate surface area is 162 Å². The Morgan fingerprint density at radius 1 is 1.04 bits per heavy atom. The number of aromatic nitrogens is 1. The van der Waals surface area contributed by atoms with E-state index in [0.29, 0.717) is 16.3 Å². The number of hydrogen-bond acceptors (Lipinski definition) is 3. The van der Waals surface area contributed by atoms with E-state index in [9.17, 15) is 9.59 Å². The van der Waals surface area contributed by atoms with E-state index in [-0.39, 0.29) is 17.5 Å². The molecular weight excluding hydrogens is 362 g/mol. The summed E-state index contributed by atoms with van der Waals surface area (Å²) in [4.78, 5) is 30.9. The third kappa shape index (κ3) is 4.15. The van der Waals surface area contributed by atoms with E-state index >= 15 is 0 Å². The largest absolute Gasteiger partial charge is 0.322 e. The smallest absolute Gasteiger partial charge is 0.276 e. The van der Waals surface area contributed by atoms with Crippen molar-refractivity contribution in [2.75, 3.05) is 17.3 Å². The van der Waals surface area contributed by atoms with Gasteiger partial charge in [0, 0.05) is 35.2 Å². The van der Waals surface area contributed by atoms with E-state index in [4.69, 9.17) is 11.6 Å². The van der Waals surface area contributed by atoms with Gasteiger partial charge in [-0.15, -0.1) is 0 Å². The molecular formula is C21H18ClN3O2. The van der Waals surface area contributed by atoms with E-state index < -0.39 is 0 Å². The molecule has 0 radical (unpaired) electrons. The van der Waals surface area contributed by atoms with Crippen LogP contribution in [-0.4, -0.2) is 23.8 Å². The second kappa shape index (κ2) is 8.01. The van der Waals surface area contributed by atoms with E-state index in [2.05, 4.69) is 10.3 Å². The molecule has 1 heterocycles. The molecule has 3 rings (SSSR count). The third-order valence-electron chi connectivity index (χ3n) is 4.21. The van der Waals surface area contributed by atoms with Gasteiger partial charge >= 0.3 is 0 Å². The molecule has 0 spiro atoms. The molecule has 0 atom stereocenters. The molecule has 0 saturated carbocycles. The maximum atomic E-state index is 12.7. The molecule has 0 fully saturated rings. The second-order valence-electron chi connectivity index (χ2n) is 6.00. The molecule has 27 heavy (non-hydrogen) atoms. The lowest BCUT2D eigenvalue weighted by molar-refractivity contribution is 0.0988. The van der Waals surface area contributed by atoms with Crippen LogP contribution >= 0.6 is 11.6 Å². The molecule has 0 saturated heterocycles. The van der Waals surface area contributed by atoms with Gasteiger partial charge in [0.2, 0.25) is 0 Å². The van der Waals surface area contributed by atoms with Gasteiger partial charge in [-0.25, -0.2) is 0 Å². The molecule has 3 aromatic rings. The van der Waals surface area contributed by atoms with Gasteiger partial charge in [0.15, 0.2) is 0 Å². The topological polar surface area (TPSA) is 62.3 Å². The van der Waals surface area contributed by atoms with E-state index in [0.717, 1.165) is 11.3 Å². The monoisotopic (exact) mass is 379 g/mol. The first kappa shape index (κ1) is 18.6. The zero-order chi connectivity index (χ0) is 19.4. The van der Waals surface area contributed by atoms with Gasteiger partial charge in [-0.2, -0.15) is 0 Å². The molecule has 2 aromatic carbocycles. The number of nitrogens with zero attached hydrogens (tertiary/aromatic N) is 2. The van der Waals surface area contributed by atoms with Crippen molar-refractivity contribution < 1.29 is 9.59 Å². The summed E-state index contributed by atoms with van der Waals surface area (Å²) in [6.07, 6.45) is 1.45. The van der Waals surface area contributed by atoms with Crippen LogP contribution in [0.15, 0.2) is 66.9 Å². The van der Waals surface area contributed by atoms with E-state index in [1.54, 1.807) is 31.3 Å². The molecule has 0 unspecified atom stereocenters. The van der Waals surface area contributed by atoms with Crippen molar-refractivity contribution in [2.24, 2.45) is 0 Å². The normalized spacial score (nSPS) is 10.3. The zero-order valence-electron chi connectivity index (χ0n) is 14.9. The van der Waals surface area contributed by atoms with E-state index in [1.807, 2.05) is 37.3 Å². The van der Waals surface area contributed by atoms with Crippen molar-refractivity contribution in [1.29, 1.82) is 0 Å². The summed E-state index contributed by atoms with van der Waals surface area (Å²) in [6.45, 7) is 1.83. The summed E-state index contributed by atoms with van der Waals surface area (Å²) in [7, 11) is 1.67. The number of amides is 2. The number of anilines is 2. The van der Waals surface area contributed by atoms with Crippen LogP contribution in [0.1, 0.15) is 26.4 Å². The predicted octanol–water partition coefficient (Wildman–Crippen LogP) is 4.57. The number of pyridine rings is 1. The standard InChI is InChI=1S/C21H18ClN3O2/c1-14-17(22)9-6-10-18(14)24-20(26)15-11-12-23-19(13-15)21(27)25(2)16-7-4-3-5-8-16/h3-13H,1-2H3,(H,24,26). The molecule has 5 nitrogen and oxygen atoms in total. The van der Waals surface area contributed by atoms with Crippen LogP contribution < -0.4 is 10.2 Å². The highest BCUT2D eigenvalue weighted by molar-refractivity contribution is 6.31. The number of hydrogen-bond donors (Lipinski definition) is 1. The summed E-state index contributed by atoms with van der Waals surface area (Å²) < 4.78 is 0. The fourth-order valence-corrected chi connectivity index (χ4v) is 2.74. The summed E-state index contributed by atoms with van der Waals surface area (Å²) in [5, 5.41) is 3.39. The number of rotatable bonds is 4. The molecule has 136 valence electrons. The molecule has 0 aliphatic rings. The Kier molecular flexibility index (Phi) is 5.52. The average Bonchev–Trinajstić information content (AvgIpc) is 2.71. The lowest BCUT2D eigenvalue weighted by Crippen LogP contribution is -2.27. The van der Waals surface area contributed by atoms with E-state index in [1.165, 1.54) is 17.2 Å². The molecule has 0 aliphatic carbocycles. The van der Waals surface area contributed by atoms with Crippen molar-refractivity contribution in [2.45, 2.75) is 6.92 Å². The first-order valence-corrected chi connectivity index (χ1v) is 8.71. The Balaban J connectivity index is 1.81. The summed E-state index contributed by atoms with van der Waals surface area (Å²) in [5.41, 5.74) is 2.68. The first-order chi connectivity index (χ1) is 13.0. The van der Waals surface area contributed by atoms with Crippen LogP contribution in [0.5, 0.6) is 0 Å². The quantitative estimate of drug-likeness (QED) is 0.722. The Morgan fingerprint density at radius 2 is 1.78 bits per heavy atom. The van der Waals surface area contributed by atoms with Gasteiger partial charge in [0.25, 0.3) is 11.8 Å². The molecule has 6 heteroatoms. The van der Waals surface area contributed by atoms with Gasteiger partial charge in [-0.1, -0.05) is 35.9 Å². The number of para-hydroxylation sites is 1. The molecule has 1 aromatic heterocycles. The van der Waals surface area contributed by atoms with Gasteiger partial charge in [-0.3, -0.25) is 14.6 Å². The number of carbonyl (C=O) groups excluding carboxylic acids is 2. The lowest BCUT2D eigenvalue weighted by Gasteiger charge is -2.17. The number of benzene rings is 2. The zero-order valence-corrected chi connectivity index (χ0v) is 15.7. The van der Waals surface area contributed by atoms with Crippen LogP contribution in [0.3, 0.4) is 0 Å². The fraction of sp³-hybridized carbons (Fsp3) is 0.0952. The highest BCUT2D eigenvalue weighted by Gasteiger charge is 2.17. The van der Waals surface area contributed by atoms with Crippen LogP contribution in [0.2, 0.25) is 5.02 Å². The predicted molar refractivity (Wildman–Crippen MR) is 108 cm³/mol. The first-order valence-electron chi connectivity index (χ1n) is 8.33. The van der Waals surface area contributed by atoms with Crippen molar-refractivity contribution in [3.05, 3.63) is 88.7 Å². The van der Waals surface area contributed by atoms with Crippen molar-refractivity contribution in [3.63, 3.8) is 0 Å². The molecule has 0 bridgehead atoms. The van der Waals surface area contributed by atoms with Gasteiger partial charge in [-0.05, 0) is 48.9 Å². The van der Waals surface area contributed by atoms with Crippen LogP contribution in [0.25, 0.3) is 0 Å². The summed E-state index contributed by atoms with van der Waals surface area (Å²) in [5.74, 6) is -0.631. The fourth-order valence-electron chi connectivity index (χ4n) is 2.57. The maximum absolute atomic E-state index is 12.7.